The topological polar surface area (TPSA) is 15.3 Å². The van der Waals surface area contributed by atoms with E-state index in [4.69, 9.17) is 0 Å². The van der Waals surface area contributed by atoms with Gasteiger partial charge >= 0.3 is 0 Å². The van der Waals surface area contributed by atoms with Gasteiger partial charge in [0.15, 0.2) is 0 Å². The lowest BCUT2D eigenvalue weighted by molar-refractivity contribution is 0.223. The van der Waals surface area contributed by atoms with Crippen LogP contribution < -0.4 is 5.32 Å². The van der Waals surface area contributed by atoms with Gasteiger partial charge in [-0.05, 0) is 32.0 Å². The van der Waals surface area contributed by atoms with Gasteiger partial charge in [-0.3, -0.25) is 0 Å². The molecule has 2 unspecified atom stereocenters. The summed E-state index contributed by atoms with van der Waals surface area (Å²) >= 11 is 0. The Balaban J connectivity index is 2.66. The fourth-order valence-electron chi connectivity index (χ4n) is 2.32. The number of hydrogen-bond acceptors (Lipinski definition) is 2. The fourth-order valence-corrected chi connectivity index (χ4v) is 2.32. The molecule has 1 aromatic carbocycles. The highest BCUT2D eigenvalue weighted by Gasteiger charge is 2.14. The molecule has 108 valence electrons. The molecular weight excluding hydrogens is 232 g/mol. The van der Waals surface area contributed by atoms with Crippen molar-refractivity contribution in [2.45, 2.75) is 40.2 Å². The van der Waals surface area contributed by atoms with E-state index in [1.165, 1.54) is 24.1 Å². The Hall–Kier alpha value is -0.860. The lowest BCUT2D eigenvalue weighted by atomic mass is 10.0. The zero-order valence-electron chi connectivity index (χ0n) is 13.2. The summed E-state index contributed by atoms with van der Waals surface area (Å²) in [6.07, 6.45) is 1.26. The second-order valence-electron chi connectivity index (χ2n) is 5.62. The molecule has 0 radical (unpaired) electrons. The lowest BCUT2D eigenvalue weighted by Gasteiger charge is -2.28. The second-order valence-corrected chi connectivity index (χ2v) is 5.62. The number of hydrogen-bond donors (Lipinski definition) is 1. The Kier molecular flexibility index (Phi) is 7.11. The van der Waals surface area contributed by atoms with Gasteiger partial charge in [0.2, 0.25) is 0 Å². The summed E-state index contributed by atoms with van der Waals surface area (Å²) in [5.41, 5.74) is 2.71. The van der Waals surface area contributed by atoms with Crippen LogP contribution in [0.4, 0.5) is 0 Å². The smallest absolute Gasteiger partial charge is 0.0446 e. The Morgan fingerprint density at radius 2 is 1.74 bits per heavy atom. The van der Waals surface area contributed by atoms with Gasteiger partial charge in [-0.25, -0.2) is 0 Å². The number of nitrogens with zero attached hydrogens (tertiary/aromatic N) is 1. The van der Waals surface area contributed by atoms with E-state index in [-0.39, 0.29) is 0 Å². The molecule has 2 atom stereocenters. The normalized spacial score (nSPS) is 14.6. The molecule has 0 aliphatic carbocycles. The van der Waals surface area contributed by atoms with Gasteiger partial charge in [0.05, 0.1) is 0 Å². The van der Waals surface area contributed by atoms with Crippen LogP contribution in [-0.2, 0) is 0 Å². The van der Waals surface area contributed by atoms with Gasteiger partial charge in [-0.15, -0.1) is 0 Å². The summed E-state index contributed by atoms with van der Waals surface area (Å²) in [4.78, 5) is 2.55. The van der Waals surface area contributed by atoms with E-state index < -0.39 is 0 Å². The molecule has 2 nitrogen and oxygen atoms in total. The lowest BCUT2D eigenvalue weighted by Crippen LogP contribution is -2.36. The zero-order chi connectivity index (χ0) is 14.3. The Morgan fingerprint density at radius 3 is 2.21 bits per heavy atom. The van der Waals surface area contributed by atoms with E-state index in [9.17, 15) is 0 Å². The standard InChI is InChI=1S/C17H30N2/c1-6-14(3)12-19(7-2)13-17(18-5)16-10-8-15(4)9-11-16/h8-11,14,17-18H,6-7,12-13H2,1-5H3. The minimum Gasteiger partial charge on any atom is -0.312 e. The van der Waals surface area contributed by atoms with Crippen LogP contribution in [0.3, 0.4) is 0 Å². The SMILES string of the molecule is CCC(C)CN(CC)CC(NC)c1ccc(C)cc1. The molecule has 0 fully saturated rings. The summed E-state index contributed by atoms with van der Waals surface area (Å²) in [5, 5.41) is 3.45. The molecule has 0 bridgehead atoms. The van der Waals surface area contributed by atoms with Crippen molar-refractivity contribution in [3.63, 3.8) is 0 Å². The molecule has 0 aliphatic heterocycles. The Bertz CT molecular complexity index is 345. The van der Waals surface area contributed by atoms with E-state index >= 15 is 0 Å². The minimum absolute atomic E-state index is 0.421. The monoisotopic (exact) mass is 262 g/mol. The van der Waals surface area contributed by atoms with Crippen LogP contribution in [0.25, 0.3) is 0 Å². The first-order chi connectivity index (χ1) is 9.10. The van der Waals surface area contributed by atoms with Gasteiger partial charge < -0.3 is 10.2 Å². The molecule has 0 saturated carbocycles. The van der Waals surface area contributed by atoms with Crippen LogP contribution in [0, 0.1) is 12.8 Å². The number of nitrogens with one attached hydrogen (secondary N) is 1. The highest BCUT2D eigenvalue weighted by Crippen LogP contribution is 2.16. The van der Waals surface area contributed by atoms with Crippen LogP contribution in [0.15, 0.2) is 24.3 Å². The van der Waals surface area contributed by atoms with Crippen LogP contribution in [0.5, 0.6) is 0 Å². The molecule has 0 aliphatic rings. The van der Waals surface area contributed by atoms with E-state index in [0.29, 0.717) is 6.04 Å². The highest BCUT2D eigenvalue weighted by atomic mass is 15.1. The van der Waals surface area contributed by atoms with Gasteiger partial charge in [-0.1, -0.05) is 57.0 Å². The van der Waals surface area contributed by atoms with Crippen LogP contribution in [-0.4, -0.2) is 31.6 Å². The summed E-state index contributed by atoms with van der Waals surface area (Å²) in [5.74, 6) is 0.774. The highest BCUT2D eigenvalue weighted by molar-refractivity contribution is 5.24. The number of rotatable bonds is 8. The maximum absolute atomic E-state index is 3.45. The summed E-state index contributed by atoms with van der Waals surface area (Å²) in [6, 6.07) is 9.31. The Morgan fingerprint density at radius 1 is 1.11 bits per heavy atom. The van der Waals surface area contributed by atoms with E-state index in [2.05, 4.69) is 69.2 Å². The molecular formula is C17H30N2. The first-order valence-corrected chi connectivity index (χ1v) is 7.56. The molecule has 1 rings (SSSR count). The second kappa shape index (κ2) is 8.34. The number of benzene rings is 1. The largest absolute Gasteiger partial charge is 0.312 e. The van der Waals surface area contributed by atoms with Crippen LogP contribution in [0.2, 0.25) is 0 Å². The third-order valence-electron chi connectivity index (χ3n) is 3.98. The molecule has 19 heavy (non-hydrogen) atoms. The average molecular weight is 262 g/mol. The van der Waals surface area contributed by atoms with E-state index in [1.54, 1.807) is 0 Å². The van der Waals surface area contributed by atoms with Crippen molar-refractivity contribution >= 4 is 0 Å². The molecule has 0 amide bonds. The quantitative estimate of drug-likeness (QED) is 0.769. The number of likely N-dealkylation sites (N-methyl/N-ethyl adjacent to an activating group) is 2. The molecule has 0 heterocycles. The van der Waals surface area contributed by atoms with Gasteiger partial charge in [0.1, 0.15) is 0 Å². The van der Waals surface area contributed by atoms with Crippen molar-refractivity contribution in [3.05, 3.63) is 35.4 Å². The fraction of sp³-hybridized carbons (Fsp3) is 0.647. The predicted molar refractivity (Wildman–Crippen MR) is 84.5 cm³/mol. The molecule has 0 aromatic heterocycles. The minimum atomic E-state index is 0.421. The van der Waals surface area contributed by atoms with Crippen LogP contribution >= 0.6 is 0 Å². The summed E-state index contributed by atoms with van der Waals surface area (Å²) in [6.45, 7) is 12.4. The van der Waals surface area contributed by atoms with E-state index in [1.807, 2.05) is 0 Å². The molecule has 0 spiro atoms. The first-order valence-electron chi connectivity index (χ1n) is 7.56. The molecule has 1 aromatic rings. The molecule has 2 heteroatoms. The van der Waals surface area contributed by atoms with Gasteiger partial charge in [0.25, 0.3) is 0 Å². The van der Waals surface area contributed by atoms with Crippen molar-refractivity contribution in [2.75, 3.05) is 26.7 Å². The molecule has 1 N–H and O–H groups in total. The third-order valence-corrected chi connectivity index (χ3v) is 3.98. The van der Waals surface area contributed by atoms with E-state index in [0.717, 1.165) is 19.0 Å². The van der Waals surface area contributed by atoms with Gasteiger partial charge in [0, 0.05) is 19.1 Å². The van der Waals surface area contributed by atoms with Crippen molar-refractivity contribution in [2.24, 2.45) is 5.92 Å². The van der Waals surface area contributed by atoms with Crippen molar-refractivity contribution < 1.29 is 0 Å². The maximum Gasteiger partial charge on any atom is 0.0446 e. The maximum atomic E-state index is 3.45. The zero-order valence-corrected chi connectivity index (χ0v) is 13.2. The first kappa shape index (κ1) is 16.2. The summed E-state index contributed by atoms with van der Waals surface area (Å²) in [7, 11) is 2.06. The molecule has 0 saturated heterocycles. The number of aryl methyl sites for hydroxylation is 1. The van der Waals surface area contributed by atoms with Gasteiger partial charge in [-0.2, -0.15) is 0 Å². The average Bonchev–Trinajstić information content (AvgIpc) is 2.44. The van der Waals surface area contributed by atoms with Crippen LogP contribution in [0.1, 0.15) is 44.4 Å². The third kappa shape index (κ3) is 5.33. The van der Waals surface area contributed by atoms with Crippen molar-refractivity contribution in [3.8, 4) is 0 Å². The predicted octanol–water partition coefficient (Wildman–Crippen LogP) is 3.62. The van der Waals surface area contributed by atoms with Crippen molar-refractivity contribution in [1.29, 1.82) is 0 Å². The Labute approximate surface area is 119 Å². The van der Waals surface area contributed by atoms with Crippen molar-refractivity contribution in [1.82, 2.24) is 10.2 Å². The summed E-state index contributed by atoms with van der Waals surface area (Å²) < 4.78 is 0.